The van der Waals surface area contributed by atoms with Gasteiger partial charge in [-0.3, -0.25) is 19.6 Å². The molecule has 0 atom stereocenters. The van der Waals surface area contributed by atoms with Crippen molar-refractivity contribution >= 4 is 17.6 Å². The zero-order valence-electron chi connectivity index (χ0n) is 14.5. The summed E-state index contributed by atoms with van der Waals surface area (Å²) in [4.78, 5) is 35.0. The van der Waals surface area contributed by atoms with E-state index >= 15 is 0 Å². The number of benzene rings is 1. The second-order valence-corrected chi connectivity index (χ2v) is 5.65. The number of carboxylic acid groups (broad SMARTS) is 1. The number of aryl methyl sites for hydroxylation is 2. The fraction of sp³-hybridized carbons (Fsp3) is 0.312. The maximum absolute atomic E-state index is 12.6. The van der Waals surface area contributed by atoms with E-state index in [1.165, 1.54) is 30.6 Å². The molecule has 10 nitrogen and oxygen atoms in total. The minimum atomic E-state index is -1.08. The van der Waals surface area contributed by atoms with Gasteiger partial charge in [-0.05, 0) is 24.6 Å². The van der Waals surface area contributed by atoms with E-state index in [2.05, 4.69) is 5.10 Å². The van der Waals surface area contributed by atoms with E-state index in [1.54, 1.807) is 24.3 Å². The molecule has 0 aliphatic carbocycles. The van der Waals surface area contributed by atoms with Crippen molar-refractivity contribution in [3.05, 3.63) is 51.3 Å². The Morgan fingerprint density at radius 2 is 1.96 bits per heavy atom. The monoisotopic (exact) mass is 362 g/mol. The lowest BCUT2D eigenvalue weighted by atomic mass is 10.2. The number of carbonyl (C=O) groups excluding carboxylic acids is 1. The molecule has 0 spiro atoms. The van der Waals surface area contributed by atoms with Crippen LogP contribution in [0.4, 0.5) is 5.69 Å². The molecule has 0 aliphatic heterocycles. The maximum atomic E-state index is 12.6. The van der Waals surface area contributed by atoms with Gasteiger partial charge in [0.1, 0.15) is 11.4 Å². The summed E-state index contributed by atoms with van der Waals surface area (Å²) in [5, 5.41) is 23.7. The first-order chi connectivity index (χ1) is 12.2. The van der Waals surface area contributed by atoms with Crippen LogP contribution in [0.15, 0.2) is 24.3 Å². The van der Waals surface area contributed by atoms with Crippen LogP contribution in [-0.2, 0) is 18.4 Å². The third kappa shape index (κ3) is 4.15. The molecule has 0 saturated heterocycles. The first-order valence-corrected chi connectivity index (χ1v) is 7.57. The first-order valence-electron chi connectivity index (χ1n) is 7.57. The van der Waals surface area contributed by atoms with E-state index in [1.807, 2.05) is 0 Å². The Labute approximate surface area is 148 Å². The zero-order valence-corrected chi connectivity index (χ0v) is 14.5. The summed E-state index contributed by atoms with van der Waals surface area (Å²) in [6, 6.07) is 6.55. The predicted octanol–water partition coefficient (Wildman–Crippen LogP) is 1.37. The third-order valence-electron chi connectivity index (χ3n) is 3.63. The Balaban J connectivity index is 2.13. The average molecular weight is 362 g/mol. The number of carboxylic acids is 1. The van der Waals surface area contributed by atoms with Crippen molar-refractivity contribution in [2.24, 2.45) is 7.05 Å². The summed E-state index contributed by atoms with van der Waals surface area (Å²) in [6.45, 7) is 1.24. The topological polar surface area (TPSA) is 128 Å². The summed E-state index contributed by atoms with van der Waals surface area (Å²) in [5.41, 5.74) is 0.539. The number of ether oxygens (including phenoxy) is 1. The summed E-state index contributed by atoms with van der Waals surface area (Å²) in [6.07, 6.45) is 0. The Bertz CT molecular complexity index is 843. The average Bonchev–Trinajstić information content (AvgIpc) is 2.87. The Morgan fingerprint density at radius 3 is 2.50 bits per heavy atom. The van der Waals surface area contributed by atoms with Gasteiger partial charge in [-0.25, -0.2) is 4.79 Å². The van der Waals surface area contributed by atoms with Crippen LogP contribution < -0.4 is 4.74 Å². The van der Waals surface area contributed by atoms with Crippen molar-refractivity contribution in [2.45, 2.75) is 13.5 Å². The molecule has 0 bridgehead atoms. The van der Waals surface area contributed by atoms with Gasteiger partial charge in [-0.2, -0.15) is 5.10 Å². The number of nitro groups is 1. The fourth-order valence-electron chi connectivity index (χ4n) is 2.47. The molecule has 2 aromatic rings. The van der Waals surface area contributed by atoms with E-state index in [0.717, 1.165) is 5.56 Å². The number of hydrogen-bond donors (Lipinski definition) is 1. The van der Waals surface area contributed by atoms with Crippen molar-refractivity contribution in [1.29, 1.82) is 0 Å². The molecule has 1 aromatic carbocycles. The molecule has 0 fully saturated rings. The highest BCUT2D eigenvalue weighted by atomic mass is 16.6. The number of aliphatic carboxylic acids is 1. The van der Waals surface area contributed by atoms with E-state index in [4.69, 9.17) is 9.84 Å². The van der Waals surface area contributed by atoms with Gasteiger partial charge >= 0.3 is 11.7 Å². The molecule has 1 heterocycles. The summed E-state index contributed by atoms with van der Waals surface area (Å²) in [7, 11) is 3.01. The Hall–Kier alpha value is -3.43. The standard InChI is InChI=1S/C16H18N4O6/c1-10-14(20(24)25)15(19(3)17-10)16(23)18(2)8-11-4-6-12(7-5-11)26-9-13(21)22/h4-7H,8-9H2,1-3H3,(H,21,22). The molecule has 0 saturated carbocycles. The molecule has 1 N–H and O–H groups in total. The van der Waals surface area contributed by atoms with Crippen LogP contribution >= 0.6 is 0 Å². The van der Waals surface area contributed by atoms with Crippen molar-refractivity contribution in [3.8, 4) is 5.75 Å². The van der Waals surface area contributed by atoms with Gasteiger partial charge in [-0.15, -0.1) is 0 Å². The molecule has 138 valence electrons. The van der Waals surface area contributed by atoms with Gasteiger partial charge in [-0.1, -0.05) is 12.1 Å². The van der Waals surface area contributed by atoms with Crippen LogP contribution in [0.1, 0.15) is 21.7 Å². The zero-order chi connectivity index (χ0) is 19.4. The highest BCUT2D eigenvalue weighted by Crippen LogP contribution is 2.24. The van der Waals surface area contributed by atoms with Crippen molar-refractivity contribution < 1.29 is 24.4 Å². The summed E-state index contributed by atoms with van der Waals surface area (Å²) in [5.74, 6) is -1.21. The van der Waals surface area contributed by atoms with Crippen molar-refractivity contribution in [2.75, 3.05) is 13.7 Å². The minimum absolute atomic E-state index is 0.0867. The van der Waals surface area contributed by atoms with Crippen LogP contribution in [0.2, 0.25) is 0 Å². The SMILES string of the molecule is Cc1nn(C)c(C(=O)N(C)Cc2ccc(OCC(=O)O)cc2)c1[N+](=O)[O-]. The smallest absolute Gasteiger partial charge is 0.341 e. The highest BCUT2D eigenvalue weighted by Gasteiger charge is 2.31. The van der Waals surface area contributed by atoms with Crippen LogP contribution in [0.3, 0.4) is 0 Å². The molecule has 26 heavy (non-hydrogen) atoms. The lowest BCUT2D eigenvalue weighted by Gasteiger charge is -2.17. The van der Waals surface area contributed by atoms with Gasteiger partial charge < -0.3 is 14.7 Å². The van der Waals surface area contributed by atoms with Gasteiger partial charge in [0.05, 0.1) is 4.92 Å². The van der Waals surface area contributed by atoms with Gasteiger partial charge in [0.15, 0.2) is 6.61 Å². The summed E-state index contributed by atoms with van der Waals surface area (Å²) >= 11 is 0. The second-order valence-electron chi connectivity index (χ2n) is 5.65. The lowest BCUT2D eigenvalue weighted by molar-refractivity contribution is -0.385. The molecule has 1 aromatic heterocycles. The van der Waals surface area contributed by atoms with E-state index in [9.17, 15) is 19.7 Å². The fourth-order valence-corrected chi connectivity index (χ4v) is 2.47. The largest absolute Gasteiger partial charge is 0.482 e. The van der Waals surface area contributed by atoms with Crippen LogP contribution in [0.25, 0.3) is 0 Å². The number of amides is 1. The van der Waals surface area contributed by atoms with Crippen LogP contribution in [0.5, 0.6) is 5.75 Å². The van der Waals surface area contributed by atoms with E-state index in [-0.39, 0.29) is 23.6 Å². The number of aromatic nitrogens is 2. The molecule has 0 radical (unpaired) electrons. The third-order valence-corrected chi connectivity index (χ3v) is 3.63. The van der Waals surface area contributed by atoms with E-state index in [0.29, 0.717) is 5.75 Å². The Morgan fingerprint density at radius 1 is 1.35 bits per heavy atom. The molecular formula is C16H18N4O6. The quantitative estimate of drug-likeness (QED) is 0.582. The number of hydrogen-bond acceptors (Lipinski definition) is 6. The van der Waals surface area contributed by atoms with Crippen molar-refractivity contribution in [1.82, 2.24) is 14.7 Å². The first kappa shape index (κ1) is 18.9. The molecule has 0 aliphatic rings. The van der Waals surface area contributed by atoms with Crippen LogP contribution in [-0.4, -0.2) is 50.2 Å². The second kappa shape index (κ2) is 7.64. The predicted molar refractivity (Wildman–Crippen MR) is 90.0 cm³/mol. The lowest BCUT2D eigenvalue weighted by Crippen LogP contribution is -2.28. The van der Waals surface area contributed by atoms with Gasteiger partial charge in [0.2, 0.25) is 5.69 Å². The van der Waals surface area contributed by atoms with Crippen LogP contribution in [0, 0.1) is 17.0 Å². The number of carbonyl (C=O) groups is 2. The number of rotatable bonds is 7. The van der Waals surface area contributed by atoms with Gasteiger partial charge in [0.25, 0.3) is 5.91 Å². The Kier molecular flexibility index (Phi) is 5.55. The summed E-state index contributed by atoms with van der Waals surface area (Å²) < 4.78 is 6.24. The highest BCUT2D eigenvalue weighted by molar-refractivity contribution is 5.96. The molecule has 1 amide bonds. The van der Waals surface area contributed by atoms with E-state index < -0.39 is 23.4 Å². The maximum Gasteiger partial charge on any atom is 0.341 e. The minimum Gasteiger partial charge on any atom is -0.482 e. The molecule has 2 rings (SSSR count). The van der Waals surface area contributed by atoms with Crippen molar-refractivity contribution in [3.63, 3.8) is 0 Å². The molecule has 10 heteroatoms. The van der Waals surface area contributed by atoms with Gasteiger partial charge in [0, 0.05) is 20.6 Å². The number of nitrogens with zero attached hydrogens (tertiary/aromatic N) is 4. The molecular weight excluding hydrogens is 344 g/mol. The normalized spacial score (nSPS) is 10.4. The molecule has 0 unspecified atom stereocenters.